The Labute approximate surface area is 148 Å². The van der Waals surface area contributed by atoms with Gasteiger partial charge in [-0.25, -0.2) is 0 Å². The van der Waals surface area contributed by atoms with Crippen LogP contribution in [0.3, 0.4) is 0 Å². The van der Waals surface area contributed by atoms with E-state index in [1.807, 2.05) is 0 Å². The summed E-state index contributed by atoms with van der Waals surface area (Å²) in [5, 5.41) is 22.5. The van der Waals surface area contributed by atoms with Gasteiger partial charge < -0.3 is 15.5 Å². The fourth-order valence-electron chi connectivity index (χ4n) is 4.59. The second kappa shape index (κ2) is 7.42. The van der Waals surface area contributed by atoms with Crippen LogP contribution in [0.25, 0.3) is 0 Å². The van der Waals surface area contributed by atoms with Gasteiger partial charge in [-0.2, -0.15) is 0 Å². The van der Waals surface area contributed by atoms with Gasteiger partial charge >= 0.3 is 0 Å². The number of aliphatic hydroxyl groups is 2. The molecule has 5 heteroatoms. The highest BCUT2D eigenvalue weighted by Gasteiger charge is 2.59. The van der Waals surface area contributed by atoms with Crippen molar-refractivity contribution >= 4 is 17.5 Å². The van der Waals surface area contributed by atoms with Crippen LogP contribution in [0.2, 0.25) is 5.02 Å². The molecule has 3 rings (SSSR count). The lowest BCUT2D eigenvalue weighted by molar-refractivity contribution is 0.0910. The number of benzene rings is 1. The molecule has 1 amide bonds. The van der Waals surface area contributed by atoms with Crippen LogP contribution in [0.15, 0.2) is 24.3 Å². The highest BCUT2D eigenvalue weighted by atomic mass is 35.5. The second-order valence-electron chi connectivity index (χ2n) is 7.26. The maximum atomic E-state index is 12.4. The zero-order valence-corrected chi connectivity index (χ0v) is 14.7. The van der Waals surface area contributed by atoms with Gasteiger partial charge in [-0.15, -0.1) is 0 Å². The third-order valence-electron chi connectivity index (χ3n) is 6.01. The summed E-state index contributed by atoms with van der Waals surface area (Å²) in [5.41, 5.74) is 0.641. The minimum atomic E-state index is -0.0383. The van der Waals surface area contributed by atoms with Crippen LogP contribution < -0.4 is 5.32 Å². The van der Waals surface area contributed by atoms with Gasteiger partial charge in [0.1, 0.15) is 0 Å². The summed E-state index contributed by atoms with van der Waals surface area (Å²) >= 11 is 5.87. The molecule has 0 unspecified atom stereocenters. The number of carbonyl (C=O) groups is 1. The zero-order valence-electron chi connectivity index (χ0n) is 14.0. The predicted octanol–water partition coefficient (Wildman–Crippen LogP) is 2.72. The largest absolute Gasteiger partial charge is 0.396 e. The van der Waals surface area contributed by atoms with Crippen molar-refractivity contribution in [2.75, 3.05) is 13.2 Å². The van der Waals surface area contributed by atoms with Gasteiger partial charge in [-0.1, -0.05) is 18.5 Å². The maximum Gasteiger partial charge on any atom is 0.251 e. The van der Waals surface area contributed by atoms with Gasteiger partial charge in [-0.05, 0) is 67.2 Å². The van der Waals surface area contributed by atoms with Crippen molar-refractivity contribution in [3.05, 3.63) is 34.9 Å². The Morgan fingerprint density at radius 1 is 1.21 bits per heavy atom. The lowest BCUT2D eigenvalue weighted by Crippen LogP contribution is -2.37. The fourth-order valence-corrected chi connectivity index (χ4v) is 4.72. The van der Waals surface area contributed by atoms with Gasteiger partial charge in [-0.3, -0.25) is 4.79 Å². The number of hydrogen-bond donors (Lipinski definition) is 3. The van der Waals surface area contributed by atoms with E-state index in [0.717, 1.165) is 19.3 Å². The highest BCUT2D eigenvalue weighted by Crippen LogP contribution is 2.62. The van der Waals surface area contributed by atoms with Crippen LogP contribution in [-0.4, -0.2) is 35.4 Å². The SMILES string of the molecule is CC[C@@H](NC(=O)c1ccc(Cl)cc1)C1[C@@H]2CC(C(CO)CO)C[C@@H]12. The molecular weight excluding hydrogens is 326 g/mol. The number of aliphatic hydroxyl groups excluding tert-OH is 2. The molecule has 2 aliphatic rings. The molecule has 0 saturated heterocycles. The minimum Gasteiger partial charge on any atom is -0.396 e. The molecule has 132 valence electrons. The van der Waals surface area contributed by atoms with Crippen LogP contribution in [0, 0.1) is 29.6 Å². The van der Waals surface area contributed by atoms with E-state index in [-0.39, 0.29) is 31.1 Å². The van der Waals surface area contributed by atoms with Crippen molar-refractivity contribution in [2.24, 2.45) is 29.6 Å². The summed E-state index contributed by atoms with van der Waals surface area (Å²) in [5.74, 6) is 2.21. The smallest absolute Gasteiger partial charge is 0.251 e. The number of amides is 1. The van der Waals surface area contributed by atoms with Crippen molar-refractivity contribution in [3.63, 3.8) is 0 Å². The van der Waals surface area contributed by atoms with E-state index >= 15 is 0 Å². The molecule has 0 heterocycles. The first-order chi connectivity index (χ1) is 11.6. The standard InChI is InChI=1S/C19H26ClNO3/c1-2-17(21-19(24)11-3-5-14(20)6-4-11)18-15-7-12(8-16(15)18)13(9-22)10-23/h3-6,12-13,15-18,22-23H,2,7-10H2,1H3,(H,21,24)/t12?,15-,16-,17-,18?/m1/s1. The Bertz CT molecular complexity index is 560. The Balaban J connectivity index is 1.56. The molecule has 4 nitrogen and oxygen atoms in total. The molecule has 0 bridgehead atoms. The fraction of sp³-hybridized carbons (Fsp3) is 0.632. The van der Waals surface area contributed by atoms with Gasteiger partial charge in [0.15, 0.2) is 0 Å². The third kappa shape index (κ3) is 3.46. The van der Waals surface area contributed by atoms with E-state index in [2.05, 4.69) is 12.2 Å². The molecule has 3 N–H and O–H groups in total. The average Bonchev–Trinajstić information content (AvgIpc) is 3.07. The van der Waals surface area contributed by atoms with Crippen molar-refractivity contribution < 1.29 is 15.0 Å². The zero-order chi connectivity index (χ0) is 17.3. The van der Waals surface area contributed by atoms with Crippen molar-refractivity contribution in [1.29, 1.82) is 0 Å². The molecule has 1 aromatic rings. The lowest BCUT2D eigenvalue weighted by atomic mass is 9.86. The molecule has 0 aliphatic heterocycles. The first-order valence-corrected chi connectivity index (χ1v) is 9.25. The summed E-state index contributed by atoms with van der Waals surface area (Å²) in [6.45, 7) is 2.24. The van der Waals surface area contributed by atoms with Crippen LogP contribution in [0.5, 0.6) is 0 Å². The van der Waals surface area contributed by atoms with Crippen molar-refractivity contribution in [3.8, 4) is 0 Å². The summed E-state index contributed by atoms with van der Waals surface area (Å²) in [4.78, 5) is 12.4. The molecule has 1 aromatic carbocycles. The number of nitrogens with one attached hydrogen (secondary N) is 1. The second-order valence-corrected chi connectivity index (χ2v) is 7.69. The molecular formula is C19H26ClNO3. The van der Waals surface area contributed by atoms with E-state index in [1.54, 1.807) is 24.3 Å². The van der Waals surface area contributed by atoms with E-state index < -0.39 is 0 Å². The Morgan fingerprint density at radius 2 is 1.79 bits per heavy atom. The Hall–Kier alpha value is -1.10. The molecule has 2 saturated carbocycles. The summed E-state index contributed by atoms with van der Waals surface area (Å²) in [6, 6.07) is 7.17. The number of hydrogen-bond acceptors (Lipinski definition) is 3. The summed E-state index contributed by atoms with van der Waals surface area (Å²) in [7, 11) is 0. The maximum absolute atomic E-state index is 12.4. The third-order valence-corrected chi connectivity index (χ3v) is 6.26. The van der Waals surface area contributed by atoms with Gasteiger partial charge in [0, 0.05) is 35.8 Å². The number of carbonyl (C=O) groups excluding carboxylic acids is 1. The summed E-state index contributed by atoms with van der Waals surface area (Å²) < 4.78 is 0. The van der Waals surface area contributed by atoms with E-state index in [9.17, 15) is 15.0 Å². The Morgan fingerprint density at radius 3 is 2.29 bits per heavy atom. The molecule has 0 spiro atoms. The summed E-state index contributed by atoms with van der Waals surface area (Å²) in [6.07, 6.45) is 3.05. The topological polar surface area (TPSA) is 69.6 Å². The van der Waals surface area contributed by atoms with E-state index in [1.165, 1.54) is 0 Å². The Kier molecular flexibility index (Phi) is 5.48. The monoisotopic (exact) mass is 351 g/mol. The molecule has 2 fully saturated rings. The first kappa shape index (κ1) is 17.7. The van der Waals surface area contributed by atoms with Crippen LogP contribution in [0.4, 0.5) is 0 Å². The molecule has 2 aliphatic carbocycles. The molecule has 3 atom stereocenters. The van der Waals surface area contributed by atoms with Gasteiger partial charge in [0.2, 0.25) is 0 Å². The highest BCUT2D eigenvalue weighted by molar-refractivity contribution is 6.30. The average molecular weight is 352 g/mol. The van der Waals surface area contributed by atoms with Crippen molar-refractivity contribution in [2.45, 2.75) is 32.2 Å². The number of halogens is 1. The quantitative estimate of drug-likeness (QED) is 0.707. The van der Waals surface area contributed by atoms with E-state index in [4.69, 9.17) is 11.6 Å². The van der Waals surface area contributed by atoms with Gasteiger partial charge in [0.05, 0.1) is 0 Å². The number of rotatable bonds is 7. The first-order valence-electron chi connectivity index (χ1n) is 8.87. The normalized spacial score (nSPS) is 27.1. The van der Waals surface area contributed by atoms with Gasteiger partial charge in [0.25, 0.3) is 5.91 Å². The molecule has 24 heavy (non-hydrogen) atoms. The minimum absolute atomic E-state index is 0.0159. The predicted molar refractivity (Wildman–Crippen MR) is 93.9 cm³/mol. The van der Waals surface area contributed by atoms with E-state index in [0.29, 0.717) is 34.3 Å². The lowest BCUT2D eigenvalue weighted by Gasteiger charge is -2.25. The number of fused-ring (bicyclic) bond motifs is 1. The van der Waals surface area contributed by atoms with Crippen LogP contribution >= 0.6 is 11.6 Å². The van der Waals surface area contributed by atoms with Crippen LogP contribution in [-0.2, 0) is 0 Å². The molecule has 0 radical (unpaired) electrons. The van der Waals surface area contributed by atoms with Crippen LogP contribution in [0.1, 0.15) is 36.5 Å². The molecule has 0 aromatic heterocycles. The van der Waals surface area contributed by atoms with Crippen molar-refractivity contribution in [1.82, 2.24) is 5.32 Å².